The molecule has 42 heavy (non-hydrogen) atoms. The lowest BCUT2D eigenvalue weighted by atomic mass is 9.96. The highest BCUT2D eigenvalue weighted by Crippen LogP contribution is 2.42. The van der Waals surface area contributed by atoms with Gasteiger partial charge in [-0.1, -0.05) is 30.3 Å². The first-order valence-electron chi connectivity index (χ1n) is 14.6. The minimum Gasteiger partial charge on any atom is -0.369 e. The maximum Gasteiger partial charge on any atom is 0.416 e. The summed E-state index contributed by atoms with van der Waals surface area (Å²) >= 11 is 0. The predicted octanol–water partition coefficient (Wildman–Crippen LogP) is 7.22. The van der Waals surface area contributed by atoms with Crippen molar-refractivity contribution < 1.29 is 27.1 Å². The fourth-order valence-electron chi connectivity index (χ4n) is 6.64. The van der Waals surface area contributed by atoms with E-state index in [0.717, 1.165) is 36.5 Å². The second-order valence-corrected chi connectivity index (χ2v) is 11.4. The van der Waals surface area contributed by atoms with Crippen LogP contribution in [0.1, 0.15) is 73.6 Å². The van der Waals surface area contributed by atoms with Gasteiger partial charge in [-0.05, 0) is 69.2 Å². The molecular weight excluding hydrogens is 550 g/mol. The Morgan fingerprint density at radius 2 is 1.79 bits per heavy atom. The molecule has 3 aromatic rings. The molecule has 2 saturated heterocycles. The molecule has 0 N–H and O–H groups in total. The Kier molecular flexibility index (Phi) is 7.63. The largest absolute Gasteiger partial charge is 0.416 e. The first-order chi connectivity index (χ1) is 20.1. The average molecular weight is 586 g/mol. The van der Waals surface area contributed by atoms with E-state index in [0.29, 0.717) is 44.0 Å². The molecule has 2 atom stereocenters. The Labute approximate surface area is 242 Å². The number of carbonyl (C=O) groups excluding carboxylic acids is 1. The zero-order chi connectivity index (χ0) is 29.6. The normalized spacial score (nSPS) is 22.0. The van der Waals surface area contributed by atoms with Gasteiger partial charge in [-0.25, -0.2) is 13.9 Å². The fraction of sp³-hybridized carbons (Fsp3) is 0.484. The van der Waals surface area contributed by atoms with Crippen molar-refractivity contribution in [3.8, 4) is 0 Å². The summed E-state index contributed by atoms with van der Waals surface area (Å²) < 4.78 is 64.1. The number of alkyl halides is 3. The van der Waals surface area contributed by atoms with E-state index in [4.69, 9.17) is 9.84 Å². The minimum absolute atomic E-state index is 0.00659. The van der Waals surface area contributed by atoms with Crippen LogP contribution in [0.4, 0.5) is 33.9 Å². The predicted molar refractivity (Wildman–Crippen MR) is 151 cm³/mol. The number of rotatable bonds is 5. The second kappa shape index (κ2) is 11.2. The van der Waals surface area contributed by atoms with Crippen molar-refractivity contribution in [2.45, 2.75) is 77.0 Å². The van der Waals surface area contributed by atoms with Crippen molar-refractivity contribution in [3.63, 3.8) is 0 Å². The molecular formula is C31H35F4N5O2. The summed E-state index contributed by atoms with van der Waals surface area (Å²) in [6, 6.07) is 9.50. The Morgan fingerprint density at radius 3 is 2.48 bits per heavy atom. The molecule has 7 nitrogen and oxygen atoms in total. The number of carbonyl (C=O) groups is 1. The van der Waals surface area contributed by atoms with Gasteiger partial charge >= 0.3 is 12.2 Å². The number of aromatic nitrogens is 2. The number of ether oxygens (including phenoxy) is 1. The average Bonchev–Trinajstić information content (AvgIpc) is 3.42. The highest BCUT2D eigenvalue weighted by atomic mass is 19.4. The summed E-state index contributed by atoms with van der Waals surface area (Å²) in [4.78, 5) is 19.4. The molecule has 0 spiro atoms. The molecule has 11 heteroatoms. The van der Waals surface area contributed by atoms with Gasteiger partial charge in [0.2, 0.25) is 0 Å². The van der Waals surface area contributed by atoms with Crippen LogP contribution in [0.15, 0.2) is 48.7 Å². The standard InChI is InChI=1S/C31H35F4N5O2/c1-20-8-7-11-26(32)28(20)37-15-13-23(14-16-37)40-21(2)24-19-39(27-12-5-6-17-42-27)36-29(24)38(30(40)41)18-22-9-3-4-10-25(22)31(33,34)35/h3-4,7-11,19,21,23,27H,5-6,12-18H2,1-2H3. The first kappa shape index (κ1) is 28.5. The van der Waals surface area contributed by atoms with E-state index < -0.39 is 11.7 Å². The molecule has 4 heterocycles. The third-order valence-electron chi connectivity index (χ3n) is 8.78. The number of hydrogen-bond acceptors (Lipinski definition) is 4. The number of hydrogen-bond donors (Lipinski definition) is 0. The van der Waals surface area contributed by atoms with Crippen LogP contribution in [0, 0.1) is 12.7 Å². The number of nitrogens with zero attached hydrogens (tertiary/aromatic N) is 5. The molecule has 0 aliphatic carbocycles. The highest BCUT2D eigenvalue weighted by molar-refractivity contribution is 5.94. The number of fused-ring (bicyclic) bond motifs is 1. The van der Waals surface area contributed by atoms with Crippen molar-refractivity contribution in [1.29, 1.82) is 0 Å². The van der Waals surface area contributed by atoms with Crippen LogP contribution in [0.5, 0.6) is 0 Å². The van der Waals surface area contributed by atoms with Crippen LogP contribution in [-0.2, 0) is 17.5 Å². The van der Waals surface area contributed by atoms with E-state index in [1.165, 1.54) is 23.1 Å². The molecule has 3 aliphatic heterocycles. The number of benzene rings is 2. The minimum atomic E-state index is -4.56. The van der Waals surface area contributed by atoms with Gasteiger partial charge in [0.05, 0.1) is 23.8 Å². The van der Waals surface area contributed by atoms with Crippen LogP contribution in [-0.4, -0.2) is 46.4 Å². The lowest BCUT2D eigenvalue weighted by Gasteiger charge is -2.46. The van der Waals surface area contributed by atoms with Crippen LogP contribution in [0.2, 0.25) is 0 Å². The first-order valence-corrected chi connectivity index (χ1v) is 14.6. The SMILES string of the molecule is Cc1cccc(F)c1N1CCC(N2C(=O)N(Cc3ccccc3C(F)(F)F)c3nn(C4CCCCO4)cc3C2C)CC1. The van der Waals surface area contributed by atoms with Gasteiger partial charge in [0.15, 0.2) is 5.82 Å². The number of amides is 2. The summed E-state index contributed by atoms with van der Waals surface area (Å²) in [5, 5.41) is 4.73. The molecule has 1 aromatic heterocycles. The molecule has 2 fully saturated rings. The molecule has 3 aliphatic rings. The summed E-state index contributed by atoms with van der Waals surface area (Å²) in [5.74, 6) is 0.0988. The van der Waals surface area contributed by atoms with Gasteiger partial charge in [0, 0.05) is 37.5 Å². The third-order valence-corrected chi connectivity index (χ3v) is 8.78. The highest BCUT2D eigenvalue weighted by Gasteiger charge is 2.44. The van der Waals surface area contributed by atoms with Gasteiger partial charge in [-0.3, -0.25) is 4.90 Å². The van der Waals surface area contributed by atoms with Crippen molar-refractivity contribution in [2.75, 3.05) is 29.5 Å². The van der Waals surface area contributed by atoms with Gasteiger partial charge in [-0.15, -0.1) is 0 Å². The Hall–Kier alpha value is -3.60. The summed E-state index contributed by atoms with van der Waals surface area (Å²) in [5.41, 5.74) is 1.45. The molecule has 0 bridgehead atoms. The van der Waals surface area contributed by atoms with Gasteiger partial charge in [0.25, 0.3) is 0 Å². The maximum atomic E-state index is 14.7. The Balaban J connectivity index is 1.32. The zero-order valence-electron chi connectivity index (χ0n) is 23.8. The van der Waals surface area contributed by atoms with E-state index in [-0.39, 0.29) is 42.3 Å². The number of urea groups is 1. The molecule has 0 saturated carbocycles. The van der Waals surface area contributed by atoms with E-state index in [9.17, 15) is 22.4 Å². The van der Waals surface area contributed by atoms with Crippen molar-refractivity contribution in [3.05, 3.63) is 76.7 Å². The third kappa shape index (κ3) is 5.23. The lowest BCUT2D eigenvalue weighted by molar-refractivity contribution is -0.138. The van der Waals surface area contributed by atoms with Crippen LogP contribution >= 0.6 is 0 Å². The second-order valence-electron chi connectivity index (χ2n) is 11.4. The number of para-hydroxylation sites is 1. The Bertz CT molecular complexity index is 1420. The molecule has 2 amide bonds. The van der Waals surface area contributed by atoms with E-state index in [1.807, 2.05) is 31.0 Å². The molecule has 0 radical (unpaired) electrons. The number of anilines is 2. The Morgan fingerprint density at radius 1 is 1.02 bits per heavy atom. The topological polar surface area (TPSA) is 53.8 Å². The van der Waals surface area contributed by atoms with E-state index >= 15 is 0 Å². The van der Waals surface area contributed by atoms with Gasteiger partial charge in [0.1, 0.15) is 12.0 Å². The quantitative estimate of drug-likeness (QED) is 0.297. The maximum absolute atomic E-state index is 14.7. The van der Waals surface area contributed by atoms with Crippen LogP contribution in [0.3, 0.4) is 0 Å². The zero-order valence-corrected chi connectivity index (χ0v) is 23.8. The van der Waals surface area contributed by atoms with Crippen molar-refractivity contribution in [1.82, 2.24) is 14.7 Å². The smallest absolute Gasteiger partial charge is 0.369 e. The lowest BCUT2D eigenvalue weighted by Crippen LogP contribution is -2.55. The van der Waals surface area contributed by atoms with Gasteiger partial charge in [-0.2, -0.15) is 18.3 Å². The summed E-state index contributed by atoms with van der Waals surface area (Å²) in [6.45, 7) is 5.29. The summed E-state index contributed by atoms with van der Waals surface area (Å²) in [6.07, 6.45) is 0.977. The molecule has 2 unspecified atom stereocenters. The molecule has 2 aromatic carbocycles. The van der Waals surface area contributed by atoms with Crippen LogP contribution < -0.4 is 9.80 Å². The van der Waals surface area contributed by atoms with E-state index in [2.05, 4.69) is 0 Å². The van der Waals surface area contributed by atoms with Crippen molar-refractivity contribution >= 4 is 17.5 Å². The van der Waals surface area contributed by atoms with E-state index in [1.54, 1.807) is 21.7 Å². The number of piperidine rings is 1. The fourth-order valence-corrected chi connectivity index (χ4v) is 6.64. The number of aryl methyl sites for hydroxylation is 1. The van der Waals surface area contributed by atoms with Crippen LogP contribution in [0.25, 0.3) is 0 Å². The molecule has 6 rings (SSSR count). The number of halogens is 4. The molecule has 224 valence electrons. The van der Waals surface area contributed by atoms with Crippen molar-refractivity contribution in [2.24, 2.45) is 0 Å². The summed E-state index contributed by atoms with van der Waals surface area (Å²) in [7, 11) is 0. The monoisotopic (exact) mass is 585 g/mol. The van der Waals surface area contributed by atoms with Gasteiger partial charge < -0.3 is 14.5 Å².